The van der Waals surface area contributed by atoms with E-state index in [9.17, 15) is 4.39 Å². The van der Waals surface area contributed by atoms with Crippen molar-refractivity contribution in [3.8, 4) is 0 Å². The van der Waals surface area contributed by atoms with Crippen LogP contribution in [0.25, 0.3) is 0 Å². The van der Waals surface area contributed by atoms with Crippen molar-refractivity contribution in [2.24, 2.45) is 0 Å². The van der Waals surface area contributed by atoms with Crippen LogP contribution in [0.3, 0.4) is 0 Å². The van der Waals surface area contributed by atoms with Crippen molar-refractivity contribution in [3.05, 3.63) is 35.9 Å². The number of rotatable bonds is 2. The largest absolute Gasteiger partial charge is 0.255 e. The first-order valence-corrected chi connectivity index (χ1v) is 5.85. The van der Waals surface area contributed by atoms with Crippen LogP contribution in [-0.4, -0.2) is 7.18 Å². The third kappa shape index (κ3) is 15.9. The van der Waals surface area contributed by atoms with Crippen LogP contribution in [0.15, 0.2) is 30.3 Å². The third-order valence-electron chi connectivity index (χ3n) is 1.38. The maximum Gasteiger partial charge on any atom is 0.0785 e. The predicted molar refractivity (Wildman–Crippen MR) is 70.2 cm³/mol. The minimum absolute atomic E-state index is 0.500. The molecule has 0 aliphatic rings. The lowest BCUT2D eigenvalue weighted by atomic mass is 10.1. The molecule has 15 heavy (non-hydrogen) atoms. The normalized spacial score (nSPS) is 6.87. The molecule has 1 aromatic carbocycles. The Morgan fingerprint density at radius 2 is 1.27 bits per heavy atom. The molecule has 1 heteroatoms. The summed E-state index contributed by atoms with van der Waals surface area (Å²) in [5.41, 5.74) is 1.44. The molecule has 0 bridgehead atoms. The molecule has 0 saturated carbocycles. The van der Waals surface area contributed by atoms with Crippen molar-refractivity contribution < 1.29 is 4.39 Å². The number of hydrogen-bond donors (Lipinski definition) is 0. The van der Waals surface area contributed by atoms with Crippen LogP contribution in [0, 0.1) is 0 Å². The Morgan fingerprint density at radius 1 is 0.867 bits per heavy atom. The molecule has 0 aromatic heterocycles. The summed E-state index contributed by atoms with van der Waals surface area (Å²) in [6.45, 7) is 10.2. The van der Waals surface area contributed by atoms with Gasteiger partial charge in [-0.05, 0) is 12.0 Å². The van der Waals surface area contributed by atoms with Gasteiger partial charge < -0.3 is 0 Å². The highest BCUT2D eigenvalue weighted by atomic mass is 19.1. The molecule has 0 saturated heterocycles. The highest BCUT2D eigenvalue weighted by molar-refractivity contribution is 5.14. The topological polar surface area (TPSA) is 0 Å². The Morgan fingerprint density at radius 3 is 1.60 bits per heavy atom. The fourth-order valence-electron chi connectivity index (χ4n) is 0.933. The van der Waals surface area contributed by atoms with Gasteiger partial charge in [0, 0.05) is 0 Å². The van der Waals surface area contributed by atoms with Gasteiger partial charge in [0.1, 0.15) is 0 Å². The highest BCUT2D eigenvalue weighted by Gasteiger charge is 1.84. The first-order valence-electron chi connectivity index (χ1n) is 5.85. The second-order valence-electron chi connectivity index (χ2n) is 2.24. The molecule has 0 radical (unpaired) electrons. The summed E-state index contributed by atoms with van der Waals surface area (Å²) in [5.74, 6) is 0. The average Bonchev–Trinajstić information content (AvgIpc) is 2.38. The first-order chi connectivity index (χ1) is 7.43. The van der Waals surface area contributed by atoms with Crippen molar-refractivity contribution >= 4 is 0 Å². The lowest BCUT2D eigenvalue weighted by Gasteiger charge is -1.93. The molecule has 0 unspecified atom stereocenters. The van der Waals surface area contributed by atoms with Gasteiger partial charge in [-0.3, -0.25) is 4.39 Å². The van der Waals surface area contributed by atoms with Gasteiger partial charge in [-0.1, -0.05) is 71.4 Å². The van der Waals surface area contributed by atoms with Crippen LogP contribution in [0.2, 0.25) is 0 Å². The van der Waals surface area contributed by atoms with E-state index in [4.69, 9.17) is 0 Å². The van der Waals surface area contributed by atoms with Crippen molar-refractivity contribution in [3.63, 3.8) is 0 Å². The fourth-order valence-corrected chi connectivity index (χ4v) is 0.933. The van der Waals surface area contributed by atoms with Gasteiger partial charge in [0.2, 0.25) is 0 Å². The zero-order valence-electron chi connectivity index (χ0n) is 11.2. The van der Waals surface area contributed by atoms with Gasteiger partial charge in [-0.15, -0.1) is 0 Å². The number of alkyl halides is 1. The molecule has 0 heterocycles. The second-order valence-corrected chi connectivity index (χ2v) is 2.24. The van der Waals surface area contributed by atoms with E-state index in [0.717, 1.165) is 0 Å². The van der Waals surface area contributed by atoms with Gasteiger partial charge in [0.15, 0.2) is 0 Å². The maximum atomic E-state index is 9.50. The van der Waals surface area contributed by atoms with E-state index in [0.29, 0.717) is 7.18 Å². The second kappa shape index (κ2) is 23.2. The predicted octanol–water partition coefficient (Wildman–Crippen LogP) is 5.28. The lowest BCUT2D eigenvalue weighted by molar-refractivity contribution is 0.636. The molecular formula is C14H27F. The monoisotopic (exact) mass is 214 g/mol. The van der Waals surface area contributed by atoms with Gasteiger partial charge in [0.05, 0.1) is 7.18 Å². The molecule has 1 rings (SSSR count). The molecule has 90 valence electrons. The van der Waals surface area contributed by atoms with E-state index < -0.39 is 0 Å². The summed E-state index contributed by atoms with van der Waals surface area (Å²) in [6, 6.07) is 10.6. The molecule has 0 spiro atoms. The Labute approximate surface area is 95.5 Å². The molecule has 0 aliphatic carbocycles. The molecule has 0 nitrogen and oxygen atoms in total. The van der Waals surface area contributed by atoms with Crippen LogP contribution in [0.1, 0.15) is 46.6 Å². The van der Waals surface area contributed by atoms with Crippen LogP contribution in [-0.2, 0) is 6.42 Å². The number of hydrogen-bond acceptors (Lipinski definition) is 0. The zero-order valence-corrected chi connectivity index (χ0v) is 11.2. The van der Waals surface area contributed by atoms with Crippen LogP contribution < -0.4 is 0 Å². The molecule has 0 atom stereocenters. The van der Waals surface area contributed by atoms with Crippen LogP contribution in [0.4, 0.5) is 4.39 Å². The minimum Gasteiger partial charge on any atom is -0.255 e. The van der Waals surface area contributed by atoms with Crippen LogP contribution in [0.5, 0.6) is 0 Å². The van der Waals surface area contributed by atoms with Crippen molar-refractivity contribution in [2.45, 2.75) is 47.5 Å². The van der Waals surface area contributed by atoms with Crippen molar-refractivity contribution in [1.29, 1.82) is 0 Å². The van der Waals surface area contributed by atoms with Gasteiger partial charge in [-0.25, -0.2) is 0 Å². The van der Waals surface area contributed by atoms with E-state index in [1.54, 1.807) is 0 Å². The molecule has 1 aromatic rings. The third-order valence-corrected chi connectivity index (χ3v) is 1.38. The highest BCUT2D eigenvalue weighted by Crippen LogP contribution is 2.00. The SMILES string of the molecule is CC.CC.CCCc1ccccc1.CF. The standard InChI is InChI=1S/C9H12.2C2H6.CH3F/c1-2-6-9-7-4-3-5-8-9;3*1-2/h3-5,7-8H,2,6H2,1H3;2*1-2H3;1H3. The summed E-state index contributed by atoms with van der Waals surface area (Å²) in [7, 11) is 0.500. The van der Waals surface area contributed by atoms with E-state index in [1.165, 1.54) is 18.4 Å². The Kier molecular flexibility index (Phi) is 30.4. The minimum atomic E-state index is 0.500. The summed E-state index contributed by atoms with van der Waals surface area (Å²) >= 11 is 0. The van der Waals surface area contributed by atoms with E-state index in [1.807, 2.05) is 27.7 Å². The first kappa shape index (κ1) is 19.7. The molecule has 0 fully saturated rings. The summed E-state index contributed by atoms with van der Waals surface area (Å²) in [6.07, 6.45) is 2.45. The summed E-state index contributed by atoms with van der Waals surface area (Å²) in [5, 5.41) is 0. The van der Waals surface area contributed by atoms with Gasteiger partial charge in [-0.2, -0.15) is 0 Å². The van der Waals surface area contributed by atoms with Gasteiger partial charge >= 0.3 is 0 Å². The van der Waals surface area contributed by atoms with Crippen LogP contribution >= 0.6 is 0 Å². The molecule has 0 aliphatic heterocycles. The van der Waals surface area contributed by atoms with Crippen molar-refractivity contribution in [1.82, 2.24) is 0 Å². The van der Waals surface area contributed by atoms with Gasteiger partial charge in [0.25, 0.3) is 0 Å². The lowest BCUT2D eigenvalue weighted by Crippen LogP contribution is -1.78. The van der Waals surface area contributed by atoms with Crippen molar-refractivity contribution in [2.75, 3.05) is 7.18 Å². The molecular weight excluding hydrogens is 187 g/mol. The Balaban J connectivity index is -0.000000208. The smallest absolute Gasteiger partial charge is 0.0785 e. The summed E-state index contributed by atoms with van der Waals surface area (Å²) in [4.78, 5) is 0. The van der Waals surface area contributed by atoms with E-state index in [2.05, 4.69) is 37.3 Å². The fraction of sp³-hybridized carbons (Fsp3) is 0.571. The number of aryl methyl sites for hydroxylation is 1. The zero-order chi connectivity index (χ0) is 12.5. The maximum absolute atomic E-state index is 9.50. The van der Waals surface area contributed by atoms with E-state index >= 15 is 0 Å². The Hall–Kier alpha value is -0.850. The summed E-state index contributed by atoms with van der Waals surface area (Å²) < 4.78 is 9.50. The quantitative estimate of drug-likeness (QED) is 0.628. The Bertz CT molecular complexity index is 158. The number of benzene rings is 1. The van der Waals surface area contributed by atoms with E-state index in [-0.39, 0.29) is 0 Å². The molecule has 0 N–H and O–H groups in total. The molecule has 0 amide bonds. The number of halogens is 1. The average molecular weight is 214 g/mol.